The molecule has 0 bridgehead atoms. The molecule has 2 amide bonds. The van der Waals surface area contributed by atoms with Gasteiger partial charge >= 0.3 is 0 Å². The fraction of sp³-hybridized carbons (Fsp3) is 0.167. The molecule has 0 aromatic heterocycles. The van der Waals surface area contributed by atoms with E-state index in [1.54, 1.807) is 4.90 Å². The third kappa shape index (κ3) is 3.67. The van der Waals surface area contributed by atoms with Gasteiger partial charge in [0.05, 0.1) is 0 Å². The SMILES string of the molecule is O=C(NCCc1ccccc1)[C@@H](c1ccccc1)N1Cc2ccccc2C1=O. The van der Waals surface area contributed by atoms with Crippen molar-refractivity contribution in [2.75, 3.05) is 6.54 Å². The Kier molecular flexibility index (Phi) is 5.20. The van der Waals surface area contributed by atoms with Gasteiger partial charge in [0.25, 0.3) is 5.91 Å². The lowest BCUT2D eigenvalue weighted by Gasteiger charge is -2.27. The highest BCUT2D eigenvalue weighted by molar-refractivity contribution is 6.01. The van der Waals surface area contributed by atoms with Crippen LogP contribution in [0.15, 0.2) is 84.9 Å². The van der Waals surface area contributed by atoms with E-state index in [2.05, 4.69) is 5.32 Å². The molecule has 0 spiro atoms. The van der Waals surface area contributed by atoms with E-state index in [-0.39, 0.29) is 11.8 Å². The summed E-state index contributed by atoms with van der Waals surface area (Å²) in [6, 6.07) is 26.5. The fourth-order valence-electron chi connectivity index (χ4n) is 3.66. The third-order valence-electron chi connectivity index (χ3n) is 5.08. The minimum absolute atomic E-state index is 0.0948. The van der Waals surface area contributed by atoms with E-state index >= 15 is 0 Å². The Labute approximate surface area is 164 Å². The van der Waals surface area contributed by atoms with Crippen LogP contribution in [0, 0.1) is 0 Å². The summed E-state index contributed by atoms with van der Waals surface area (Å²) in [4.78, 5) is 27.7. The monoisotopic (exact) mass is 370 g/mol. The van der Waals surface area contributed by atoms with Gasteiger partial charge in [0.2, 0.25) is 5.91 Å². The van der Waals surface area contributed by atoms with Crippen molar-refractivity contribution >= 4 is 11.8 Å². The van der Waals surface area contributed by atoms with Crippen LogP contribution in [-0.2, 0) is 17.8 Å². The summed E-state index contributed by atoms with van der Waals surface area (Å²) in [5, 5.41) is 3.02. The zero-order valence-electron chi connectivity index (χ0n) is 15.5. The molecule has 0 aliphatic carbocycles. The van der Waals surface area contributed by atoms with Gasteiger partial charge in [-0.2, -0.15) is 0 Å². The molecular weight excluding hydrogens is 348 g/mol. The number of nitrogens with zero attached hydrogens (tertiary/aromatic N) is 1. The summed E-state index contributed by atoms with van der Waals surface area (Å²) in [6.45, 7) is 0.974. The summed E-state index contributed by atoms with van der Waals surface area (Å²) in [5.41, 5.74) is 3.63. The number of hydrogen-bond donors (Lipinski definition) is 1. The highest BCUT2D eigenvalue weighted by Crippen LogP contribution is 2.31. The number of fused-ring (bicyclic) bond motifs is 1. The molecule has 4 heteroatoms. The first-order chi connectivity index (χ1) is 13.7. The number of benzene rings is 3. The molecular formula is C24H22N2O2. The molecule has 28 heavy (non-hydrogen) atoms. The summed E-state index contributed by atoms with van der Waals surface area (Å²) < 4.78 is 0. The summed E-state index contributed by atoms with van der Waals surface area (Å²) in [7, 11) is 0. The van der Waals surface area contributed by atoms with Crippen LogP contribution >= 0.6 is 0 Å². The lowest BCUT2D eigenvalue weighted by molar-refractivity contribution is -0.125. The smallest absolute Gasteiger partial charge is 0.255 e. The van der Waals surface area contributed by atoms with E-state index in [0.29, 0.717) is 18.7 Å². The fourth-order valence-corrected chi connectivity index (χ4v) is 3.66. The van der Waals surface area contributed by atoms with Crippen LogP contribution in [0.1, 0.15) is 33.1 Å². The van der Waals surface area contributed by atoms with Crippen LogP contribution in [0.25, 0.3) is 0 Å². The van der Waals surface area contributed by atoms with E-state index in [0.717, 1.165) is 17.5 Å². The zero-order valence-corrected chi connectivity index (χ0v) is 15.5. The maximum absolute atomic E-state index is 13.1. The number of carbonyl (C=O) groups excluding carboxylic acids is 2. The van der Waals surface area contributed by atoms with E-state index in [4.69, 9.17) is 0 Å². The molecule has 4 rings (SSSR count). The van der Waals surface area contributed by atoms with E-state index in [1.165, 1.54) is 5.56 Å². The number of hydrogen-bond acceptors (Lipinski definition) is 2. The Morgan fingerprint density at radius 3 is 2.25 bits per heavy atom. The molecule has 3 aromatic rings. The Balaban J connectivity index is 1.53. The first-order valence-electron chi connectivity index (χ1n) is 9.49. The second-order valence-corrected chi connectivity index (χ2v) is 6.93. The average Bonchev–Trinajstić information content (AvgIpc) is 3.06. The molecule has 0 saturated carbocycles. The summed E-state index contributed by atoms with van der Waals surface area (Å²) >= 11 is 0. The second-order valence-electron chi connectivity index (χ2n) is 6.93. The highest BCUT2D eigenvalue weighted by atomic mass is 16.2. The van der Waals surface area contributed by atoms with Crippen LogP contribution in [-0.4, -0.2) is 23.3 Å². The molecule has 140 valence electrons. The quantitative estimate of drug-likeness (QED) is 0.719. The molecule has 1 aliphatic rings. The van der Waals surface area contributed by atoms with Gasteiger partial charge in [0.1, 0.15) is 6.04 Å². The third-order valence-corrected chi connectivity index (χ3v) is 5.08. The van der Waals surface area contributed by atoms with Gasteiger partial charge < -0.3 is 10.2 Å². The molecule has 1 N–H and O–H groups in total. The molecule has 1 aliphatic heterocycles. The predicted octanol–water partition coefficient (Wildman–Crippen LogP) is 3.74. The van der Waals surface area contributed by atoms with Gasteiger partial charge in [0.15, 0.2) is 0 Å². The number of amides is 2. The van der Waals surface area contributed by atoms with Gasteiger partial charge in [-0.25, -0.2) is 0 Å². The largest absolute Gasteiger partial charge is 0.354 e. The first-order valence-corrected chi connectivity index (χ1v) is 9.49. The van der Waals surface area contributed by atoms with Crippen LogP contribution in [0.2, 0.25) is 0 Å². The zero-order chi connectivity index (χ0) is 19.3. The minimum atomic E-state index is -0.642. The maximum atomic E-state index is 13.1. The van der Waals surface area contributed by atoms with Crippen molar-refractivity contribution in [1.29, 1.82) is 0 Å². The van der Waals surface area contributed by atoms with Crippen LogP contribution in [0.3, 0.4) is 0 Å². The predicted molar refractivity (Wildman–Crippen MR) is 109 cm³/mol. The van der Waals surface area contributed by atoms with Gasteiger partial charge in [0, 0.05) is 18.7 Å². The van der Waals surface area contributed by atoms with Crippen LogP contribution in [0.4, 0.5) is 0 Å². The van der Waals surface area contributed by atoms with Crippen molar-refractivity contribution < 1.29 is 9.59 Å². The number of rotatable bonds is 6. The molecule has 4 nitrogen and oxygen atoms in total. The van der Waals surface area contributed by atoms with Crippen molar-refractivity contribution in [1.82, 2.24) is 10.2 Å². The summed E-state index contributed by atoms with van der Waals surface area (Å²) in [5.74, 6) is -0.244. The van der Waals surface area contributed by atoms with Crippen molar-refractivity contribution in [3.63, 3.8) is 0 Å². The Bertz CT molecular complexity index is 970. The minimum Gasteiger partial charge on any atom is -0.354 e. The van der Waals surface area contributed by atoms with Gasteiger partial charge in [-0.3, -0.25) is 9.59 Å². The van der Waals surface area contributed by atoms with Crippen LogP contribution < -0.4 is 5.32 Å². The lowest BCUT2D eigenvalue weighted by Crippen LogP contribution is -2.41. The molecule has 1 heterocycles. The van der Waals surface area contributed by atoms with Gasteiger partial charge in [-0.1, -0.05) is 78.9 Å². The molecule has 1 atom stereocenters. The van der Waals surface area contributed by atoms with Gasteiger partial charge in [-0.05, 0) is 29.2 Å². The topological polar surface area (TPSA) is 49.4 Å². The summed E-state index contributed by atoms with van der Waals surface area (Å²) in [6.07, 6.45) is 0.752. The van der Waals surface area contributed by atoms with Crippen molar-refractivity contribution in [2.45, 2.75) is 19.0 Å². The normalized spacial score (nSPS) is 13.9. The Morgan fingerprint density at radius 1 is 0.893 bits per heavy atom. The number of carbonyl (C=O) groups is 2. The van der Waals surface area contributed by atoms with Crippen molar-refractivity contribution in [3.8, 4) is 0 Å². The number of nitrogens with one attached hydrogen (secondary N) is 1. The standard InChI is InChI=1S/C24H22N2O2/c27-23(25-16-15-18-9-3-1-4-10-18)22(19-11-5-2-6-12-19)26-17-20-13-7-8-14-21(20)24(26)28/h1-14,22H,15-17H2,(H,25,27)/t22-/m1/s1. The molecule has 3 aromatic carbocycles. The molecule has 0 radical (unpaired) electrons. The van der Waals surface area contributed by atoms with Gasteiger partial charge in [-0.15, -0.1) is 0 Å². The van der Waals surface area contributed by atoms with E-state index in [1.807, 2.05) is 84.9 Å². The van der Waals surface area contributed by atoms with Crippen molar-refractivity contribution in [2.24, 2.45) is 0 Å². The van der Waals surface area contributed by atoms with E-state index < -0.39 is 6.04 Å². The highest BCUT2D eigenvalue weighted by Gasteiger charge is 2.36. The molecule has 0 fully saturated rings. The Morgan fingerprint density at radius 2 is 1.54 bits per heavy atom. The molecule has 0 unspecified atom stereocenters. The lowest BCUT2D eigenvalue weighted by atomic mass is 10.0. The first kappa shape index (κ1) is 18.0. The average molecular weight is 370 g/mol. The van der Waals surface area contributed by atoms with E-state index in [9.17, 15) is 9.59 Å². The maximum Gasteiger partial charge on any atom is 0.255 e. The second kappa shape index (κ2) is 8.09. The van der Waals surface area contributed by atoms with Crippen LogP contribution in [0.5, 0.6) is 0 Å². The Hall–Kier alpha value is -3.40. The van der Waals surface area contributed by atoms with Crippen molar-refractivity contribution in [3.05, 3.63) is 107 Å². The molecule has 0 saturated heterocycles.